The van der Waals surface area contributed by atoms with Gasteiger partial charge < -0.3 is 5.32 Å². The molecule has 1 aliphatic rings. The monoisotopic (exact) mass is 444 g/mol. The number of aromatic nitrogens is 1. The number of benzene rings is 2. The van der Waals surface area contributed by atoms with Crippen molar-refractivity contribution in [3.63, 3.8) is 0 Å². The Morgan fingerprint density at radius 1 is 1.00 bits per heavy atom. The van der Waals surface area contributed by atoms with E-state index in [4.69, 9.17) is 0 Å². The maximum absolute atomic E-state index is 12.7. The van der Waals surface area contributed by atoms with Gasteiger partial charge >= 0.3 is 6.18 Å². The lowest BCUT2D eigenvalue weighted by atomic mass is 9.78. The SMILES string of the molecule is O=C(Nc1ncc(Cc2ccc(C(F)(F)F)cc2)s1)C1CCC(c2ccccc2)CC1. The summed E-state index contributed by atoms with van der Waals surface area (Å²) >= 11 is 1.36. The summed E-state index contributed by atoms with van der Waals surface area (Å²) in [4.78, 5) is 17.8. The molecule has 0 radical (unpaired) electrons. The number of rotatable bonds is 5. The lowest BCUT2D eigenvalue weighted by molar-refractivity contribution is -0.137. The van der Waals surface area contributed by atoms with Crippen molar-refractivity contribution in [2.45, 2.75) is 44.2 Å². The largest absolute Gasteiger partial charge is 0.416 e. The third-order valence-electron chi connectivity index (χ3n) is 5.81. The first-order valence-corrected chi connectivity index (χ1v) is 11.2. The van der Waals surface area contributed by atoms with Crippen LogP contribution in [0.1, 0.15) is 53.2 Å². The zero-order valence-corrected chi connectivity index (χ0v) is 17.7. The number of amides is 1. The van der Waals surface area contributed by atoms with Gasteiger partial charge in [-0.15, -0.1) is 11.3 Å². The second-order valence-electron chi connectivity index (χ2n) is 7.95. The average molecular weight is 445 g/mol. The highest BCUT2D eigenvalue weighted by Crippen LogP contribution is 2.36. The predicted molar refractivity (Wildman–Crippen MR) is 116 cm³/mol. The molecular formula is C24H23F3N2OS. The number of thiazole rings is 1. The summed E-state index contributed by atoms with van der Waals surface area (Å²) in [5.41, 5.74) is 1.46. The van der Waals surface area contributed by atoms with E-state index in [-0.39, 0.29) is 11.8 Å². The normalized spacial score (nSPS) is 19.2. The molecule has 31 heavy (non-hydrogen) atoms. The van der Waals surface area contributed by atoms with Crippen LogP contribution in [0.25, 0.3) is 0 Å². The van der Waals surface area contributed by atoms with E-state index in [0.717, 1.165) is 48.3 Å². The van der Waals surface area contributed by atoms with Gasteiger partial charge in [0.2, 0.25) is 5.91 Å². The van der Waals surface area contributed by atoms with Gasteiger partial charge in [-0.1, -0.05) is 42.5 Å². The first kappa shape index (κ1) is 21.6. The molecule has 1 aliphatic carbocycles. The van der Waals surface area contributed by atoms with Crippen molar-refractivity contribution in [2.75, 3.05) is 5.32 Å². The minimum Gasteiger partial charge on any atom is -0.302 e. The van der Waals surface area contributed by atoms with E-state index >= 15 is 0 Å². The number of nitrogens with zero attached hydrogens (tertiary/aromatic N) is 1. The number of carbonyl (C=O) groups is 1. The van der Waals surface area contributed by atoms with Gasteiger partial charge in [0.1, 0.15) is 0 Å². The maximum atomic E-state index is 12.7. The molecule has 4 rings (SSSR count). The van der Waals surface area contributed by atoms with E-state index in [1.165, 1.54) is 29.0 Å². The Morgan fingerprint density at radius 2 is 1.68 bits per heavy atom. The summed E-state index contributed by atoms with van der Waals surface area (Å²) in [6.45, 7) is 0. The molecule has 3 aromatic rings. The Hall–Kier alpha value is -2.67. The summed E-state index contributed by atoms with van der Waals surface area (Å²) in [5, 5.41) is 3.46. The standard InChI is InChI=1S/C24H23F3N2OS/c25-24(26,27)20-12-6-16(7-13-20)14-21-15-28-23(31-21)29-22(30)19-10-8-18(9-11-19)17-4-2-1-3-5-17/h1-7,12-13,15,18-19H,8-11,14H2,(H,28,29,30). The van der Waals surface area contributed by atoms with Crippen LogP contribution >= 0.6 is 11.3 Å². The molecule has 3 nitrogen and oxygen atoms in total. The van der Waals surface area contributed by atoms with E-state index in [0.29, 0.717) is 17.5 Å². The lowest BCUT2D eigenvalue weighted by Gasteiger charge is -2.27. The third-order valence-corrected chi connectivity index (χ3v) is 6.73. The molecule has 0 atom stereocenters. The third kappa shape index (κ3) is 5.53. The van der Waals surface area contributed by atoms with Crippen molar-refractivity contribution in [2.24, 2.45) is 5.92 Å². The first-order valence-electron chi connectivity index (χ1n) is 10.3. The summed E-state index contributed by atoms with van der Waals surface area (Å²) in [7, 11) is 0. The van der Waals surface area contributed by atoms with Gasteiger partial charge in [-0.25, -0.2) is 4.98 Å². The van der Waals surface area contributed by atoms with E-state index < -0.39 is 11.7 Å². The van der Waals surface area contributed by atoms with Crippen molar-refractivity contribution in [1.82, 2.24) is 4.98 Å². The van der Waals surface area contributed by atoms with Crippen LogP contribution in [0.4, 0.5) is 18.3 Å². The molecule has 0 saturated heterocycles. The molecule has 1 saturated carbocycles. The van der Waals surface area contributed by atoms with Crippen LogP contribution in [0.2, 0.25) is 0 Å². The molecule has 0 bridgehead atoms. The van der Waals surface area contributed by atoms with Crippen LogP contribution < -0.4 is 5.32 Å². The first-order chi connectivity index (χ1) is 14.9. The summed E-state index contributed by atoms with van der Waals surface area (Å²) in [6, 6.07) is 15.6. The van der Waals surface area contributed by atoms with Crippen molar-refractivity contribution in [3.05, 3.63) is 82.4 Å². The van der Waals surface area contributed by atoms with Crippen LogP contribution in [0.5, 0.6) is 0 Å². The lowest BCUT2D eigenvalue weighted by Crippen LogP contribution is -2.26. The Morgan fingerprint density at radius 3 is 2.32 bits per heavy atom. The van der Waals surface area contributed by atoms with Gasteiger partial charge in [-0.05, 0) is 54.9 Å². The molecule has 1 N–H and O–H groups in total. The van der Waals surface area contributed by atoms with Gasteiger partial charge in [0.05, 0.1) is 5.56 Å². The molecule has 0 aliphatic heterocycles. The van der Waals surface area contributed by atoms with Crippen LogP contribution in [0, 0.1) is 5.92 Å². The maximum Gasteiger partial charge on any atom is 0.416 e. The average Bonchev–Trinajstić information content (AvgIpc) is 3.21. The fourth-order valence-corrected chi connectivity index (χ4v) is 4.93. The highest BCUT2D eigenvalue weighted by Gasteiger charge is 2.30. The fraction of sp³-hybridized carbons (Fsp3) is 0.333. The summed E-state index contributed by atoms with van der Waals surface area (Å²) in [5.74, 6) is 0.504. The predicted octanol–water partition coefficient (Wildman–Crippen LogP) is 6.67. The minimum atomic E-state index is -4.33. The van der Waals surface area contributed by atoms with Gasteiger partial charge in [-0.2, -0.15) is 13.2 Å². The number of anilines is 1. The molecule has 2 aromatic carbocycles. The second-order valence-corrected chi connectivity index (χ2v) is 9.07. The number of halogens is 3. The molecule has 1 amide bonds. The van der Waals surface area contributed by atoms with E-state index in [1.807, 2.05) is 6.07 Å². The quantitative estimate of drug-likeness (QED) is 0.478. The van der Waals surface area contributed by atoms with Crippen LogP contribution in [0.15, 0.2) is 60.8 Å². The fourth-order valence-electron chi connectivity index (χ4n) is 4.08. The number of hydrogen-bond acceptors (Lipinski definition) is 3. The van der Waals surface area contributed by atoms with E-state index in [9.17, 15) is 18.0 Å². The van der Waals surface area contributed by atoms with Crippen molar-refractivity contribution in [3.8, 4) is 0 Å². The van der Waals surface area contributed by atoms with Crippen molar-refractivity contribution >= 4 is 22.4 Å². The summed E-state index contributed by atoms with van der Waals surface area (Å²) < 4.78 is 38.1. The Bertz CT molecular complexity index is 1010. The highest BCUT2D eigenvalue weighted by molar-refractivity contribution is 7.15. The van der Waals surface area contributed by atoms with Crippen molar-refractivity contribution < 1.29 is 18.0 Å². The van der Waals surface area contributed by atoms with Crippen LogP contribution in [0.3, 0.4) is 0 Å². The summed E-state index contributed by atoms with van der Waals surface area (Å²) in [6.07, 6.45) is 1.53. The Labute approximate surface area is 183 Å². The zero-order valence-electron chi connectivity index (χ0n) is 16.9. The van der Waals surface area contributed by atoms with Crippen LogP contribution in [-0.4, -0.2) is 10.9 Å². The molecule has 162 valence electrons. The number of alkyl halides is 3. The number of nitrogens with one attached hydrogen (secondary N) is 1. The van der Waals surface area contributed by atoms with E-state index in [2.05, 4.69) is 34.6 Å². The van der Waals surface area contributed by atoms with Crippen LogP contribution in [-0.2, 0) is 17.4 Å². The van der Waals surface area contributed by atoms with E-state index in [1.54, 1.807) is 6.20 Å². The highest BCUT2D eigenvalue weighted by atomic mass is 32.1. The molecule has 0 unspecified atom stereocenters. The van der Waals surface area contributed by atoms with Crippen molar-refractivity contribution in [1.29, 1.82) is 0 Å². The smallest absolute Gasteiger partial charge is 0.302 e. The second kappa shape index (κ2) is 9.22. The molecule has 1 aromatic heterocycles. The van der Waals surface area contributed by atoms with Gasteiger partial charge in [0.25, 0.3) is 0 Å². The number of hydrogen-bond donors (Lipinski definition) is 1. The Kier molecular flexibility index (Phi) is 6.41. The molecular weight excluding hydrogens is 421 g/mol. The Balaban J connectivity index is 1.29. The van der Waals surface area contributed by atoms with Gasteiger partial charge in [-0.3, -0.25) is 4.79 Å². The molecule has 1 fully saturated rings. The molecule has 0 spiro atoms. The topological polar surface area (TPSA) is 42.0 Å². The molecule has 7 heteroatoms. The number of carbonyl (C=O) groups excluding carboxylic acids is 1. The minimum absolute atomic E-state index is 0.00180. The van der Waals surface area contributed by atoms with Gasteiger partial charge in [0, 0.05) is 23.4 Å². The van der Waals surface area contributed by atoms with Gasteiger partial charge in [0.15, 0.2) is 5.13 Å². The molecule has 1 heterocycles. The zero-order chi connectivity index (χ0) is 21.8.